The Labute approximate surface area is 206 Å². The lowest BCUT2D eigenvalue weighted by molar-refractivity contribution is -0.143. The predicted molar refractivity (Wildman–Crippen MR) is 123 cm³/mol. The fourth-order valence-corrected chi connectivity index (χ4v) is 4.50. The molecule has 0 aliphatic carbocycles. The van der Waals surface area contributed by atoms with Crippen molar-refractivity contribution in [3.05, 3.63) is 71.0 Å². The number of carbonyl (C=O) groups is 1. The fourth-order valence-electron chi connectivity index (χ4n) is 3.76. The summed E-state index contributed by atoms with van der Waals surface area (Å²) in [4.78, 5) is 20.6. The van der Waals surface area contributed by atoms with Crippen molar-refractivity contribution in [3.63, 3.8) is 0 Å². The molecule has 2 aromatic carbocycles. The number of carbonyl (C=O) groups excluding carboxylic acids is 1. The molecule has 4 rings (SSSR count). The normalized spacial score (nSPS) is 15.1. The average Bonchev–Trinajstić information content (AvgIpc) is 3.12. The molecule has 36 heavy (non-hydrogen) atoms. The number of halogens is 6. The summed E-state index contributed by atoms with van der Waals surface area (Å²) in [6.07, 6.45) is -8.87. The van der Waals surface area contributed by atoms with E-state index >= 15 is 0 Å². The summed E-state index contributed by atoms with van der Waals surface area (Å²) in [5, 5.41) is 2.88. The van der Waals surface area contributed by atoms with Crippen molar-refractivity contribution in [1.82, 2.24) is 14.3 Å². The van der Waals surface area contributed by atoms with E-state index in [1.54, 1.807) is 0 Å². The Morgan fingerprint density at radius 3 is 2.22 bits per heavy atom. The minimum absolute atomic E-state index is 0.0214. The highest BCUT2D eigenvalue weighted by Gasteiger charge is 2.37. The minimum atomic E-state index is -5.00. The molecule has 0 bridgehead atoms. The summed E-state index contributed by atoms with van der Waals surface area (Å²) >= 11 is 1.24. The van der Waals surface area contributed by atoms with Gasteiger partial charge in [-0.25, -0.2) is 9.78 Å². The van der Waals surface area contributed by atoms with Crippen molar-refractivity contribution >= 4 is 28.4 Å². The molecule has 2 amide bonds. The van der Waals surface area contributed by atoms with Gasteiger partial charge in [-0.15, -0.1) is 0 Å². The molecule has 0 radical (unpaired) electrons. The fraction of sp³-hybridized carbons (Fsp3) is 0.348. The van der Waals surface area contributed by atoms with E-state index in [1.807, 2.05) is 35.2 Å². The highest BCUT2D eigenvalue weighted by molar-refractivity contribution is 7.09. The Kier molecular flexibility index (Phi) is 7.38. The zero-order valence-electron chi connectivity index (χ0n) is 18.7. The highest BCUT2D eigenvalue weighted by Crippen LogP contribution is 2.37. The van der Waals surface area contributed by atoms with E-state index in [1.165, 1.54) is 16.4 Å². The van der Waals surface area contributed by atoms with Crippen molar-refractivity contribution in [2.45, 2.75) is 25.2 Å². The number of benzene rings is 2. The molecule has 1 aromatic heterocycles. The Balaban J connectivity index is 1.41. The molecule has 0 spiro atoms. The van der Waals surface area contributed by atoms with Gasteiger partial charge in [0.05, 0.1) is 11.1 Å². The molecule has 2 heterocycles. The standard InChI is InChI=1S/C23H21F6N5OS/c24-22(25,26)16-12-17(23(27,28)29)14-18(13-16)30-20(35)33-7-4-8-34(10-9-33)21-31-19(32-36-21)11-15-5-2-1-3-6-15/h1-3,5-6,12-14H,4,7-11H2,(H,30,35). The molecule has 3 aromatic rings. The summed E-state index contributed by atoms with van der Waals surface area (Å²) in [5.74, 6) is 0.671. The van der Waals surface area contributed by atoms with Gasteiger partial charge >= 0.3 is 18.4 Å². The van der Waals surface area contributed by atoms with Crippen LogP contribution in [-0.4, -0.2) is 46.5 Å². The van der Waals surface area contributed by atoms with Crippen LogP contribution in [0.3, 0.4) is 0 Å². The lowest BCUT2D eigenvalue weighted by Crippen LogP contribution is -2.38. The maximum atomic E-state index is 13.1. The van der Waals surface area contributed by atoms with Crippen LogP contribution in [0.4, 0.5) is 42.0 Å². The molecule has 1 N–H and O–H groups in total. The first-order chi connectivity index (χ1) is 17.0. The second-order valence-corrected chi connectivity index (χ2v) is 8.94. The van der Waals surface area contributed by atoms with E-state index in [2.05, 4.69) is 14.7 Å². The van der Waals surface area contributed by atoms with Gasteiger partial charge in [-0.2, -0.15) is 30.7 Å². The Morgan fingerprint density at radius 1 is 0.917 bits per heavy atom. The van der Waals surface area contributed by atoms with Crippen LogP contribution < -0.4 is 10.2 Å². The Hall–Kier alpha value is -3.35. The zero-order valence-corrected chi connectivity index (χ0v) is 19.6. The van der Waals surface area contributed by atoms with Crippen molar-refractivity contribution in [3.8, 4) is 0 Å². The first-order valence-electron chi connectivity index (χ1n) is 11.0. The number of aromatic nitrogens is 2. The Morgan fingerprint density at radius 2 is 1.58 bits per heavy atom. The van der Waals surface area contributed by atoms with E-state index in [0.717, 1.165) is 5.56 Å². The first kappa shape index (κ1) is 25.7. The number of rotatable bonds is 4. The average molecular weight is 530 g/mol. The van der Waals surface area contributed by atoms with Crippen molar-refractivity contribution < 1.29 is 31.1 Å². The quantitative estimate of drug-likeness (QED) is 0.427. The van der Waals surface area contributed by atoms with Gasteiger partial charge in [-0.05, 0) is 30.2 Å². The van der Waals surface area contributed by atoms with Gasteiger partial charge in [0.1, 0.15) is 5.82 Å². The van der Waals surface area contributed by atoms with E-state index in [0.29, 0.717) is 49.0 Å². The molecular weight excluding hydrogens is 508 g/mol. The van der Waals surface area contributed by atoms with E-state index < -0.39 is 35.2 Å². The van der Waals surface area contributed by atoms with Crippen LogP contribution >= 0.6 is 11.5 Å². The molecule has 13 heteroatoms. The number of hydrogen-bond donors (Lipinski definition) is 1. The minimum Gasteiger partial charge on any atom is -0.345 e. The zero-order chi connectivity index (χ0) is 25.9. The third-order valence-electron chi connectivity index (χ3n) is 5.55. The largest absolute Gasteiger partial charge is 0.416 e. The monoisotopic (exact) mass is 529 g/mol. The predicted octanol–water partition coefficient (Wildman–Crippen LogP) is 5.91. The van der Waals surface area contributed by atoms with Gasteiger partial charge in [0.25, 0.3) is 0 Å². The number of anilines is 2. The smallest absolute Gasteiger partial charge is 0.345 e. The van der Waals surface area contributed by atoms with Crippen molar-refractivity contribution in [1.29, 1.82) is 0 Å². The molecule has 1 aliphatic rings. The summed E-state index contributed by atoms with van der Waals surface area (Å²) in [6.45, 7) is 1.46. The van der Waals surface area contributed by atoms with Gasteiger partial charge in [-0.1, -0.05) is 30.3 Å². The molecule has 6 nitrogen and oxygen atoms in total. The number of nitrogens with zero attached hydrogens (tertiary/aromatic N) is 4. The van der Waals surface area contributed by atoms with Gasteiger partial charge in [0.15, 0.2) is 0 Å². The summed E-state index contributed by atoms with van der Waals surface area (Å²) in [7, 11) is 0. The SMILES string of the molecule is O=C(Nc1cc(C(F)(F)F)cc(C(F)(F)F)c1)N1CCCN(c2nc(Cc3ccccc3)ns2)CC1. The molecule has 1 fully saturated rings. The van der Waals surface area contributed by atoms with Crippen LogP contribution in [0.2, 0.25) is 0 Å². The van der Waals surface area contributed by atoms with Crippen molar-refractivity contribution in [2.75, 3.05) is 36.4 Å². The number of urea groups is 1. The molecular formula is C23H21F6N5OS. The molecule has 1 aliphatic heterocycles. The van der Waals surface area contributed by atoms with Gasteiger partial charge in [0.2, 0.25) is 5.13 Å². The molecule has 0 saturated carbocycles. The third-order valence-corrected chi connectivity index (χ3v) is 6.37. The summed E-state index contributed by atoms with van der Waals surface area (Å²) in [6, 6.07) is 9.97. The van der Waals surface area contributed by atoms with E-state index in [9.17, 15) is 31.1 Å². The van der Waals surface area contributed by atoms with E-state index in [-0.39, 0.29) is 19.2 Å². The maximum Gasteiger partial charge on any atom is 0.416 e. The Bertz CT molecular complexity index is 1170. The van der Waals surface area contributed by atoms with Crippen LogP contribution in [0, 0.1) is 0 Å². The van der Waals surface area contributed by atoms with Crippen LogP contribution in [-0.2, 0) is 18.8 Å². The number of amides is 2. The maximum absolute atomic E-state index is 13.1. The summed E-state index contributed by atoms with van der Waals surface area (Å²) < 4.78 is 83.0. The second-order valence-electron chi connectivity index (χ2n) is 8.21. The topological polar surface area (TPSA) is 61.4 Å². The molecule has 192 valence electrons. The number of nitrogens with one attached hydrogen (secondary N) is 1. The van der Waals surface area contributed by atoms with Crippen LogP contribution in [0.15, 0.2) is 48.5 Å². The summed E-state index contributed by atoms with van der Waals surface area (Å²) in [5.41, 5.74) is -2.48. The van der Waals surface area contributed by atoms with Crippen LogP contribution in [0.25, 0.3) is 0 Å². The van der Waals surface area contributed by atoms with Crippen LogP contribution in [0.1, 0.15) is 28.9 Å². The first-order valence-corrected chi connectivity index (χ1v) is 11.7. The second kappa shape index (κ2) is 10.3. The van der Waals surface area contributed by atoms with Gasteiger partial charge < -0.3 is 15.1 Å². The van der Waals surface area contributed by atoms with Crippen LogP contribution in [0.5, 0.6) is 0 Å². The third kappa shape index (κ3) is 6.45. The molecule has 1 saturated heterocycles. The lowest BCUT2D eigenvalue weighted by Gasteiger charge is -2.22. The molecule has 0 unspecified atom stereocenters. The number of alkyl halides is 6. The van der Waals surface area contributed by atoms with Crippen molar-refractivity contribution in [2.24, 2.45) is 0 Å². The van der Waals surface area contributed by atoms with Gasteiger partial charge in [-0.3, -0.25) is 0 Å². The number of hydrogen-bond acceptors (Lipinski definition) is 5. The lowest BCUT2D eigenvalue weighted by atomic mass is 10.1. The van der Waals surface area contributed by atoms with Gasteiger partial charge in [0, 0.05) is 49.8 Å². The highest BCUT2D eigenvalue weighted by atomic mass is 32.1. The van der Waals surface area contributed by atoms with E-state index in [4.69, 9.17) is 0 Å². The molecule has 0 atom stereocenters.